The Morgan fingerprint density at radius 1 is 1.04 bits per heavy atom. The van der Waals surface area contributed by atoms with Gasteiger partial charge in [-0.3, -0.25) is 4.79 Å². The van der Waals surface area contributed by atoms with E-state index in [-0.39, 0.29) is 10.7 Å². The molecule has 0 unspecified atom stereocenters. The zero-order valence-corrected chi connectivity index (χ0v) is 14.3. The Balaban J connectivity index is 1.76. The van der Waals surface area contributed by atoms with Crippen molar-refractivity contribution >= 4 is 33.2 Å². The van der Waals surface area contributed by atoms with Crippen LogP contribution >= 0.6 is 11.6 Å². The first-order chi connectivity index (χ1) is 11.8. The minimum absolute atomic E-state index is 0.0354. The molecule has 1 aromatic heterocycles. The standard InChI is InChI=1S/C17H13ClN2O4S/c18-12-3-1-2-11(10-12)15-8-9-16(24-15)17(21)20-13-4-6-14(7-5-13)25(19,22)23/h1-10H,(H,20,21)(H2,19,22,23). The number of halogens is 1. The molecule has 0 fully saturated rings. The van der Waals surface area contributed by atoms with E-state index < -0.39 is 15.9 Å². The number of furan rings is 1. The number of hydrogen-bond donors (Lipinski definition) is 2. The number of nitrogens with two attached hydrogens (primary N) is 1. The van der Waals surface area contributed by atoms with Gasteiger partial charge in [0.15, 0.2) is 5.76 Å². The van der Waals surface area contributed by atoms with Crippen LogP contribution in [0.4, 0.5) is 5.69 Å². The molecule has 0 radical (unpaired) electrons. The Morgan fingerprint density at radius 3 is 2.40 bits per heavy atom. The van der Waals surface area contributed by atoms with Gasteiger partial charge in [0.25, 0.3) is 5.91 Å². The smallest absolute Gasteiger partial charge is 0.291 e. The van der Waals surface area contributed by atoms with Gasteiger partial charge in [-0.25, -0.2) is 13.6 Å². The number of carbonyl (C=O) groups excluding carboxylic acids is 1. The van der Waals surface area contributed by atoms with Gasteiger partial charge in [-0.15, -0.1) is 0 Å². The molecule has 3 N–H and O–H groups in total. The van der Waals surface area contributed by atoms with Crippen LogP contribution in [0.15, 0.2) is 70.0 Å². The molecule has 0 aliphatic rings. The fourth-order valence-electron chi connectivity index (χ4n) is 2.18. The Labute approximate surface area is 149 Å². The maximum absolute atomic E-state index is 12.2. The lowest BCUT2D eigenvalue weighted by Crippen LogP contribution is -2.13. The van der Waals surface area contributed by atoms with Crippen molar-refractivity contribution in [1.82, 2.24) is 0 Å². The van der Waals surface area contributed by atoms with E-state index in [2.05, 4.69) is 5.32 Å². The molecule has 0 saturated heterocycles. The van der Waals surface area contributed by atoms with Crippen molar-refractivity contribution in [3.63, 3.8) is 0 Å². The molecule has 0 bridgehead atoms. The van der Waals surface area contributed by atoms with Crippen molar-refractivity contribution in [2.45, 2.75) is 4.90 Å². The van der Waals surface area contributed by atoms with Gasteiger partial charge in [0, 0.05) is 16.3 Å². The van der Waals surface area contributed by atoms with Crippen LogP contribution in [-0.2, 0) is 10.0 Å². The van der Waals surface area contributed by atoms with Crippen LogP contribution in [-0.4, -0.2) is 14.3 Å². The molecular formula is C17H13ClN2O4S. The summed E-state index contributed by atoms with van der Waals surface area (Å²) in [5.41, 5.74) is 1.17. The highest BCUT2D eigenvalue weighted by molar-refractivity contribution is 7.89. The number of amides is 1. The number of benzene rings is 2. The van der Waals surface area contributed by atoms with Crippen LogP contribution in [0.1, 0.15) is 10.6 Å². The fraction of sp³-hybridized carbons (Fsp3) is 0. The highest BCUT2D eigenvalue weighted by Crippen LogP contribution is 2.25. The molecule has 1 amide bonds. The molecule has 3 aromatic rings. The largest absolute Gasteiger partial charge is 0.451 e. The average molecular weight is 377 g/mol. The van der Waals surface area contributed by atoms with Gasteiger partial charge in [-0.1, -0.05) is 23.7 Å². The highest BCUT2D eigenvalue weighted by Gasteiger charge is 2.13. The topological polar surface area (TPSA) is 102 Å². The fourth-order valence-corrected chi connectivity index (χ4v) is 2.88. The van der Waals surface area contributed by atoms with Gasteiger partial charge in [-0.05, 0) is 48.5 Å². The monoisotopic (exact) mass is 376 g/mol. The molecule has 3 rings (SSSR count). The second-order valence-corrected chi connectivity index (χ2v) is 7.20. The van der Waals surface area contributed by atoms with Gasteiger partial charge >= 0.3 is 0 Å². The Hall–Kier alpha value is -2.61. The van der Waals surface area contributed by atoms with Gasteiger partial charge in [0.1, 0.15) is 5.76 Å². The first kappa shape index (κ1) is 17.2. The van der Waals surface area contributed by atoms with Crippen molar-refractivity contribution in [3.8, 4) is 11.3 Å². The van der Waals surface area contributed by atoms with Gasteiger partial charge in [0.2, 0.25) is 10.0 Å². The highest BCUT2D eigenvalue weighted by atomic mass is 35.5. The molecule has 0 aliphatic carbocycles. The van der Waals surface area contributed by atoms with Gasteiger partial charge in [0.05, 0.1) is 4.90 Å². The van der Waals surface area contributed by atoms with E-state index >= 15 is 0 Å². The van der Waals surface area contributed by atoms with Gasteiger partial charge < -0.3 is 9.73 Å². The van der Waals surface area contributed by atoms with Crippen LogP contribution < -0.4 is 10.5 Å². The zero-order valence-electron chi connectivity index (χ0n) is 12.8. The summed E-state index contributed by atoms with van der Waals surface area (Å²) in [6.07, 6.45) is 0. The summed E-state index contributed by atoms with van der Waals surface area (Å²) in [6.45, 7) is 0. The van der Waals surface area contributed by atoms with E-state index in [1.165, 1.54) is 24.3 Å². The van der Waals surface area contributed by atoms with Crippen LogP contribution in [0.25, 0.3) is 11.3 Å². The molecule has 8 heteroatoms. The first-order valence-electron chi connectivity index (χ1n) is 7.13. The van der Waals surface area contributed by atoms with Gasteiger partial charge in [-0.2, -0.15) is 0 Å². The molecule has 0 aliphatic heterocycles. The second-order valence-electron chi connectivity index (χ2n) is 5.20. The van der Waals surface area contributed by atoms with Crippen LogP contribution in [0.5, 0.6) is 0 Å². The third-order valence-electron chi connectivity index (χ3n) is 3.38. The molecule has 0 saturated carbocycles. The van der Waals surface area contributed by atoms with Crippen molar-refractivity contribution in [2.75, 3.05) is 5.32 Å². The predicted octanol–water partition coefficient (Wildman–Crippen LogP) is 3.50. The Morgan fingerprint density at radius 2 is 1.76 bits per heavy atom. The molecule has 6 nitrogen and oxygen atoms in total. The Kier molecular flexibility index (Phi) is 4.63. The summed E-state index contributed by atoms with van der Waals surface area (Å²) in [5, 5.41) is 8.21. The van der Waals surface area contributed by atoms with E-state index in [1.54, 1.807) is 30.3 Å². The number of sulfonamides is 1. The van der Waals surface area contributed by atoms with E-state index in [4.69, 9.17) is 21.2 Å². The third kappa shape index (κ3) is 4.08. The normalized spacial score (nSPS) is 11.3. The first-order valence-corrected chi connectivity index (χ1v) is 9.05. The minimum Gasteiger partial charge on any atom is -0.451 e. The summed E-state index contributed by atoms with van der Waals surface area (Å²) in [7, 11) is -3.77. The van der Waals surface area contributed by atoms with E-state index in [0.29, 0.717) is 16.5 Å². The van der Waals surface area contributed by atoms with Crippen molar-refractivity contribution < 1.29 is 17.6 Å². The summed E-state index contributed by atoms with van der Waals surface area (Å²) in [4.78, 5) is 12.2. The van der Waals surface area contributed by atoms with E-state index in [0.717, 1.165) is 5.56 Å². The van der Waals surface area contributed by atoms with Crippen LogP contribution in [0.2, 0.25) is 5.02 Å². The molecule has 0 atom stereocenters. The summed E-state index contributed by atoms with van der Waals surface area (Å²) < 4.78 is 28.0. The molecular weight excluding hydrogens is 364 g/mol. The lowest BCUT2D eigenvalue weighted by Gasteiger charge is -2.04. The molecule has 2 aromatic carbocycles. The third-order valence-corrected chi connectivity index (χ3v) is 4.54. The quantitative estimate of drug-likeness (QED) is 0.727. The average Bonchev–Trinajstić information content (AvgIpc) is 3.05. The predicted molar refractivity (Wildman–Crippen MR) is 94.9 cm³/mol. The number of hydrogen-bond acceptors (Lipinski definition) is 4. The Bertz CT molecular complexity index is 1030. The summed E-state index contributed by atoms with van der Waals surface area (Å²) in [5.74, 6) is 0.166. The minimum atomic E-state index is -3.77. The summed E-state index contributed by atoms with van der Waals surface area (Å²) >= 11 is 5.94. The maximum atomic E-state index is 12.2. The lowest BCUT2D eigenvalue weighted by molar-refractivity contribution is 0.0997. The van der Waals surface area contributed by atoms with Crippen molar-refractivity contribution in [2.24, 2.45) is 5.14 Å². The SMILES string of the molecule is NS(=O)(=O)c1ccc(NC(=O)c2ccc(-c3cccc(Cl)c3)o2)cc1. The van der Waals surface area contributed by atoms with E-state index in [9.17, 15) is 13.2 Å². The molecule has 0 spiro atoms. The molecule has 128 valence electrons. The number of anilines is 1. The molecule has 25 heavy (non-hydrogen) atoms. The maximum Gasteiger partial charge on any atom is 0.291 e. The van der Waals surface area contributed by atoms with E-state index in [1.807, 2.05) is 6.07 Å². The number of nitrogens with one attached hydrogen (secondary N) is 1. The van der Waals surface area contributed by atoms with Crippen LogP contribution in [0.3, 0.4) is 0 Å². The number of rotatable bonds is 4. The summed E-state index contributed by atoms with van der Waals surface area (Å²) in [6, 6.07) is 15.8. The number of primary sulfonamides is 1. The van der Waals surface area contributed by atoms with Crippen molar-refractivity contribution in [3.05, 3.63) is 71.4 Å². The van der Waals surface area contributed by atoms with Crippen LogP contribution in [0, 0.1) is 0 Å². The molecule has 1 heterocycles. The lowest BCUT2D eigenvalue weighted by atomic mass is 10.2. The number of carbonyl (C=O) groups is 1. The zero-order chi connectivity index (χ0) is 18.0. The second kappa shape index (κ2) is 6.72. The van der Waals surface area contributed by atoms with Crippen molar-refractivity contribution in [1.29, 1.82) is 0 Å².